The maximum Gasteiger partial charge on any atom is 0.339 e. The summed E-state index contributed by atoms with van der Waals surface area (Å²) in [7, 11) is 1.29. The number of ether oxygens (including phenoxy) is 2. The van der Waals surface area contributed by atoms with E-state index in [1.807, 2.05) is 66.7 Å². The second kappa shape index (κ2) is 15.3. The lowest BCUT2D eigenvalue weighted by atomic mass is 9.87. The van der Waals surface area contributed by atoms with E-state index in [0.29, 0.717) is 31.1 Å². The average molecular weight is 591 g/mol. The molecule has 0 aliphatic carbocycles. The number of rotatable bonds is 12. The third-order valence-corrected chi connectivity index (χ3v) is 6.80. The van der Waals surface area contributed by atoms with Crippen LogP contribution in [-0.4, -0.2) is 38.4 Å². The van der Waals surface area contributed by atoms with Crippen molar-refractivity contribution in [1.82, 2.24) is 0 Å². The van der Waals surface area contributed by atoms with E-state index in [9.17, 15) is 9.59 Å². The van der Waals surface area contributed by atoms with Crippen LogP contribution in [-0.2, 0) is 19.8 Å². The summed E-state index contributed by atoms with van der Waals surface area (Å²) in [5, 5.41) is 6.81. The average Bonchev–Trinajstić information content (AvgIpc) is 3.03. The Morgan fingerprint density at radius 3 is 2.18 bits per heavy atom. The number of carbonyl (C=O) groups excluding carboxylic acids is 2. The molecule has 0 atom stereocenters. The molecular formula is C37H38N2O5. The topological polar surface area (TPSA) is 86.2 Å². The van der Waals surface area contributed by atoms with E-state index in [4.69, 9.17) is 14.3 Å². The number of oxime groups is 1. The van der Waals surface area contributed by atoms with Gasteiger partial charge in [0.05, 0.1) is 31.2 Å². The minimum atomic E-state index is -0.563. The molecule has 0 aromatic heterocycles. The second-order valence-electron chi connectivity index (χ2n) is 11.2. The molecule has 7 nitrogen and oxygen atoms in total. The summed E-state index contributed by atoms with van der Waals surface area (Å²) >= 11 is 0. The maximum atomic E-state index is 12.8. The second-order valence-corrected chi connectivity index (χ2v) is 11.2. The Morgan fingerprint density at radius 2 is 1.50 bits per heavy atom. The van der Waals surface area contributed by atoms with Crippen LogP contribution >= 0.6 is 0 Å². The minimum Gasteiger partial charge on any atom is -0.493 e. The van der Waals surface area contributed by atoms with Gasteiger partial charge in [-0.1, -0.05) is 105 Å². The van der Waals surface area contributed by atoms with Gasteiger partial charge in [-0.15, -0.1) is 0 Å². The maximum absolute atomic E-state index is 12.8. The van der Waals surface area contributed by atoms with Crippen LogP contribution in [0.1, 0.15) is 54.2 Å². The summed E-state index contributed by atoms with van der Waals surface area (Å²) in [5.41, 5.74) is 5.93. The van der Waals surface area contributed by atoms with Gasteiger partial charge in [-0.2, -0.15) is 0 Å². The molecule has 0 aliphatic heterocycles. The van der Waals surface area contributed by atoms with E-state index in [-0.39, 0.29) is 11.0 Å². The molecule has 1 amide bonds. The summed E-state index contributed by atoms with van der Waals surface area (Å²) in [6.45, 7) is 7.27. The summed E-state index contributed by atoms with van der Waals surface area (Å²) in [6.07, 6.45) is 5.41. The van der Waals surface area contributed by atoms with Gasteiger partial charge in [-0.3, -0.25) is 4.79 Å². The smallest absolute Gasteiger partial charge is 0.339 e. The van der Waals surface area contributed by atoms with Gasteiger partial charge in [-0.25, -0.2) is 4.79 Å². The standard InChI is InChI=1S/C37H38N2O5/c1-37(2,3)31-18-13-28(14-19-31)26-38-44-24-8-23-43-32-20-21-33(36(41)42-4)34(25-32)39-35(40)22-15-27-11-16-30(17-12-27)29-9-6-5-7-10-29/h5-7,9-22,25-26H,8,23-24H2,1-4H3,(H,39,40)/b22-15+,38-26-. The zero-order valence-electron chi connectivity index (χ0n) is 25.6. The van der Waals surface area contributed by atoms with Crippen molar-refractivity contribution in [3.8, 4) is 16.9 Å². The van der Waals surface area contributed by atoms with Crippen LogP contribution in [0.15, 0.2) is 108 Å². The van der Waals surface area contributed by atoms with Crippen LogP contribution in [0, 0.1) is 0 Å². The van der Waals surface area contributed by atoms with Gasteiger partial charge in [0.15, 0.2) is 0 Å². The number of esters is 1. The highest BCUT2D eigenvalue weighted by molar-refractivity contribution is 6.06. The third kappa shape index (κ3) is 9.42. The Bertz CT molecular complexity index is 1590. The highest BCUT2D eigenvalue weighted by atomic mass is 16.6. The van der Waals surface area contributed by atoms with E-state index < -0.39 is 11.9 Å². The fourth-order valence-electron chi connectivity index (χ4n) is 4.30. The first-order valence-electron chi connectivity index (χ1n) is 14.5. The Morgan fingerprint density at radius 1 is 0.818 bits per heavy atom. The summed E-state index contributed by atoms with van der Waals surface area (Å²) in [5.74, 6) is -0.457. The Hall–Kier alpha value is -5.17. The molecule has 4 rings (SSSR count). The highest BCUT2D eigenvalue weighted by Gasteiger charge is 2.15. The monoisotopic (exact) mass is 590 g/mol. The van der Waals surface area contributed by atoms with E-state index in [1.165, 1.54) is 18.7 Å². The van der Waals surface area contributed by atoms with Crippen molar-refractivity contribution in [3.63, 3.8) is 0 Å². The number of methoxy groups -OCH3 is 1. The molecule has 0 aliphatic rings. The van der Waals surface area contributed by atoms with Crippen molar-refractivity contribution in [2.24, 2.45) is 5.16 Å². The van der Waals surface area contributed by atoms with Crippen molar-refractivity contribution < 1.29 is 23.9 Å². The van der Waals surface area contributed by atoms with Crippen molar-refractivity contribution in [1.29, 1.82) is 0 Å². The predicted octanol–water partition coefficient (Wildman–Crippen LogP) is 7.91. The van der Waals surface area contributed by atoms with Gasteiger partial charge in [0.1, 0.15) is 12.4 Å². The molecule has 0 saturated carbocycles. The number of amides is 1. The molecule has 0 unspecified atom stereocenters. The summed E-state index contributed by atoms with van der Waals surface area (Å²) in [4.78, 5) is 30.4. The van der Waals surface area contributed by atoms with Crippen LogP contribution in [0.3, 0.4) is 0 Å². The molecule has 4 aromatic carbocycles. The predicted molar refractivity (Wildman–Crippen MR) is 176 cm³/mol. The lowest BCUT2D eigenvalue weighted by Gasteiger charge is -2.18. The molecule has 0 spiro atoms. The van der Waals surface area contributed by atoms with Gasteiger partial charge in [0.2, 0.25) is 5.91 Å². The summed E-state index contributed by atoms with van der Waals surface area (Å²) in [6, 6.07) is 31.0. The zero-order valence-corrected chi connectivity index (χ0v) is 25.6. The fourth-order valence-corrected chi connectivity index (χ4v) is 4.30. The molecule has 0 fully saturated rings. The van der Waals surface area contributed by atoms with Crippen molar-refractivity contribution in [2.45, 2.75) is 32.6 Å². The molecule has 0 radical (unpaired) electrons. The number of carbonyl (C=O) groups is 2. The molecule has 0 saturated heterocycles. The Balaban J connectivity index is 1.28. The highest BCUT2D eigenvalue weighted by Crippen LogP contribution is 2.25. The molecule has 1 N–H and O–H groups in total. The SMILES string of the molecule is COC(=O)c1ccc(OCCCO/N=C\c2ccc(C(C)(C)C)cc2)cc1NC(=O)/C=C/c1ccc(-c2ccccc2)cc1. The molecular weight excluding hydrogens is 552 g/mol. The number of nitrogens with zero attached hydrogens (tertiary/aromatic N) is 1. The van der Waals surface area contributed by atoms with Gasteiger partial charge >= 0.3 is 5.97 Å². The third-order valence-electron chi connectivity index (χ3n) is 6.80. The van der Waals surface area contributed by atoms with E-state index in [1.54, 1.807) is 30.5 Å². The van der Waals surface area contributed by atoms with Crippen LogP contribution in [0.5, 0.6) is 5.75 Å². The molecule has 226 valence electrons. The number of nitrogens with one attached hydrogen (secondary N) is 1. The first kappa shape index (κ1) is 31.8. The van der Waals surface area contributed by atoms with Crippen LogP contribution in [0.4, 0.5) is 5.69 Å². The van der Waals surface area contributed by atoms with E-state index >= 15 is 0 Å². The Kier molecular flexibility index (Phi) is 11.1. The first-order chi connectivity index (χ1) is 21.2. The van der Waals surface area contributed by atoms with Crippen LogP contribution in [0.25, 0.3) is 17.2 Å². The zero-order chi connectivity index (χ0) is 31.4. The largest absolute Gasteiger partial charge is 0.493 e. The van der Waals surface area contributed by atoms with Crippen molar-refractivity contribution in [3.05, 3.63) is 125 Å². The first-order valence-corrected chi connectivity index (χ1v) is 14.5. The van der Waals surface area contributed by atoms with Crippen molar-refractivity contribution >= 4 is 29.9 Å². The van der Waals surface area contributed by atoms with Crippen LogP contribution in [0.2, 0.25) is 0 Å². The van der Waals surface area contributed by atoms with E-state index in [0.717, 1.165) is 22.3 Å². The molecule has 7 heteroatoms. The van der Waals surface area contributed by atoms with Crippen molar-refractivity contribution in [2.75, 3.05) is 25.6 Å². The van der Waals surface area contributed by atoms with E-state index in [2.05, 4.69) is 43.4 Å². The molecule has 0 bridgehead atoms. The fraction of sp³-hybridized carbons (Fsp3) is 0.216. The number of benzene rings is 4. The summed E-state index contributed by atoms with van der Waals surface area (Å²) < 4.78 is 10.7. The molecule has 4 aromatic rings. The van der Waals surface area contributed by atoms with Gasteiger partial charge in [0, 0.05) is 18.6 Å². The molecule has 44 heavy (non-hydrogen) atoms. The van der Waals surface area contributed by atoms with Gasteiger partial charge < -0.3 is 19.6 Å². The number of anilines is 1. The lowest BCUT2D eigenvalue weighted by molar-refractivity contribution is -0.111. The minimum absolute atomic E-state index is 0.103. The van der Waals surface area contributed by atoms with Gasteiger partial charge in [-0.05, 0) is 51.4 Å². The number of hydrogen-bond acceptors (Lipinski definition) is 6. The quantitative estimate of drug-likeness (QED) is 0.0596. The normalized spacial score (nSPS) is 11.5. The Labute approximate surface area is 259 Å². The van der Waals surface area contributed by atoms with Crippen LogP contribution < -0.4 is 10.1 Å². The molecule has 0 heterocycles. The van der Waals surface area contributed by atoms with Gasteiger partial charge in [0.25, 0.3) is 0 Å². The lowest BCUT2D eigenvalue weighted by Crippen LogP contribution is -2.13. The number of hydrogen-bond donors (Lipinski definition) is 1.